The molecule has 2 aromatic heterocycles. The molecular formula is C21H20FN3O3. The quantitative estimate of drug-likeness (QED) is 0.626. The largest absolute Gasteiger partial charge is 0.492 e. The molecule has 0 radical (unpaired) electrons. The van der Waals surface area contributed by atoms with Gasteiger partial charge in [-0.15, -0.1) is 0 Å². The molecule has 1 saturated carbocycles. The maximum atomic E-state index is 14.8. The van der Waals surface area contributed by atoms with Gasteiger partial charge in [-0.25, -0.2) is 4.39 Å². The maximum Gasteiger partial charge on any atom is 0.161 e. The molecule has 7 heteroatoms. The summed E-state index contributed by atoms with van der Waals surface area (Å²) in [6.07, 6.45) is 4.30. The number of aromatic nitrogens is 3. The molecule has 0 spiro atoms. The van der Waals surface area contributed by atoms with E-state index >= 15 is 0 Å². The number of benzene rings is 1. The Bertz CT molecular complexity index is 958. The lowest BCUT2D eigenvalue weighted by atomic mass is 10.0. The number of aliphatic hydroxyl groups is 1. The molecule has 144 valence electrons. The Morgan fingerprint density at radius 2 is 2.18 bits per heavy atom. The highest BCUT2D eigenvalue weighted by atomic mass is 19.1. The topological polar surface area (TPSA) is 88.1 Å². The van der Waals surface area contributed by atoms with Gasteiger partial charge in [0.2, 0.25) is 0 Å². The number of ether oxygens (including phenoxy) is 1. The van der Waals surface area contributed by atoms with Crippen molar-refractivity contribution in [2.45, 2.75) is 18.8 Å². The van der Waals surface area contributed by atoms with Gasteiger partial charge >= 0.3 is 0 Å². The van der Waals surface area contributed by atoms with Crippen LogP contribution in [-0.2, 0) is 11.2 Å². The monoisotopic (exact) mass is 381 g/mol. The van der Waals surface area contributed by atoms with Gasteiger partial charge in [-0.05, 0) is 41.7 Å². The van der Waals surface area contributed by atoms with Gasteiger partial charge < -0.3 is 9.84 Å². The van der Waals surface area contributed by atoms with Gasteiger partial charge in [-0.3, -0.25) is 14.9 Å². The number of aromatic amines is 1. The molecule has 4 rings (SSSR count). The second kappa shape index (κ2) is 7.90. The van der Waals surface area contributed by atoms with Gasteiger partial charge in [-0.2, -0.15) is 5.10 Å². The minimum atomic E-state index is -0.483. The molecule has 1 aliphatic carbocycles. The third-order valence-corrected chi connectivity index (χ3v) is 5.02. The van der Waals surface area contributed by atoms with Crippen LogP contribution in [0.5, 0.6) is 5.75 Å². The summed E-state index contributed by atoms with van der Waals surface area (Å²) < 4.78 is 20.5. The number of halogens is 1. The molecule has 0 saturated heterocycles. The Morgan fingerprint density at radius 3 is 2.89 bits per heavy atom. The zero-order valence-electron chi connectivity index (χ0n) is 15.1. The first-order valence-electron chi connectivity index (χ1n) is 9.17. The van der Waals surface area contributed by atoms with Crippen LogP contribution >= 0.6 is 0 Å². The molecule has 1 aliphatic rings. The van der Waals surface area contributed by atoms with Crippen molar-refractivity contribution >= 4 is 5.78 Å². The second-order valence-corrected chi connectivity index (χ2v) is 6.84. The van der Waals surface area contributed by atoms with E-state index in [1.165, 1.54) is 0 Å². The molecule has 6 nitrogen and oxygen atoms in total. The number of Topliss-reactive ketones (excluding diaryl/α,β-unsaturated/α-hetero) is 1. The number of ketones is 1. The zero-order valence-corrected chi connectivity index (χ0v) is 15.1. The van der Waals surface area contributed by atoms with E-state index < -0.39 is 6.61 Å². The SMILES string of the molecule is O=C(CO)[C@@H]1C[C@H]1c1cccc(CCOc2ccc(-c3ccn[nH]3)nc2)c1F. The molecular weight excluding hydrogens is 361 g/mol. The number of carbonyl (C=O) groups excluding carboxylic acids is 1. The van der Waals surface area contributed by atoms with E-state index in [1.54, 1.807) is 30.6 Å². The number of pyridine rings is 1. The fourth-order valence-corrected chi connectivity index (χ4v) is 3.39. The van der Waals surface area contributed by atoms with E-state index in [4.69, 9.17) is 9.84 Å². The highest BCUT2D eigenvalue weighted by molar-refractivity contribution is 5.85. The summed E-state index contributed by atoms with van der Waals surface area (Å²) in [5.74, 6) is -0.276. The van der Waals surface area contributed by atoms with Crippen molar-refractivity contribution in [2.75, 3.05) is 13.2 Å². The summed E-state index contributed by atoms with van der Waals surface area (Å²) in [6.45, 7) is -0.168. The summed E-state index contributed by atoms with van der Waals surface area (Å²) in [7, 11) is 0. The number of H-pyrrole nitrogens is 1. The van der Waals surface area contributed by atoms with Gasteiger partial charge in [0, 0.05) is 18.5 Å². The summed E-state index contributed by atoms with van der Waals surface area (Å²) in [6, 6.07) is 10.7. The lowest BCUT2D eigenvalue weighted by Crippen LogP contribution is -2.08. The number of hydrogen-bond donors (Lipinski definition) is 2. The van der Waals surface area contributed by atoms with Crippen LogP contribution in [0.15, 0.2) is 48.8 Å². The number of rotatable bonds is 8. The maximum absolute atomic E-state index is 14.8. The second-order valence-electron chi connectivity index (χ2n) is 6.84. The first-order valence-corrected chi connectivity index (χ1v) is 9.17. The Kier molecular flexibility index (Phi) is 5.16. The lowest BCUT2D eigenvalue weighted by Gasteiger charge is -2.10. The van der Waals surface area contributed by atoms with E-state index in [2.05, 4.69) is 15.2 Å². The number of nitrogens with one attached hydrogen (secondary N) is 1. The van der Waals surface area contributed by atoms with E-state index in [0.29, 0.717) is 36.3 Å². The molecule has 3 aromatic rings. The van der Waals surface area contributed by atoms with Gasteiger partial charge in [-0.1, -0.05) is 18.2 Å². The highest BCUT2D eigenvalue weighted by Gasteiger charge is 2.44. The zero-order chi connectivity index (χ0) is 19.5. The van der Waals surface area contributed by atoms with Crippen molar-refractivity contribution in [1.29, 1.82) is 0 Å². The Morgan fingerprint density at radius 1 is 1.29 bits per heavy atom. The van der Waals surface area contributed by atoms with Gasteiger partial charge in [0.15, 0.2) is 5.78 Å². The normalized spacial score (nSPS) is 18.1. The Labute approximate surface area is 161 Å². The van der Waals surface area contributed by atoms with Crippen molar-refractivity contribution in [1.82, 2.24) is 15.2 Å². The average Bonchev–Trinajstić information content (AvgIpc) is 3.32. The first kappa shape index (κ1) is 18.3. The van der Waals surface area contributed by atoms with Gasteiger partial charge in [0.1, 0.15) is 18.2 Å². The first-order chi connectivity index (χ1) is 13.7. The van der Waals surface area contributed by atoms with E-state index in [-0.39, 0.29) is 23.4 Å². The third kappa shape index (κ3) is 3.80. The van der Waals surface area contributed by atoms with Crippen LogP contribution in [0.3, 0.4) is 0 Å². The van der Waals surface area contributed by atoms with Gasteiger partial charge in [0.25, 0.3) is 0 Å². The predicted molar refractivity (Wildman–Crippen MR) is 100 cm³/mol. The minimum Gasteiger partial charge on any atom is -0.492 e. The average molecular weight is 381 g/mol. The third-order valence-electron chi connectivity index (χ3n) is 5.02. The molecule has 1 aromatic carbocycles. The smallest absolute Gasteiger partial charge is 0.161 e. The van der Waals surface area contributed by atoms with Crippen LogP contribution < -0.4 is 4.74 Å². The molecule has 1 fully saturated rings. The fourth-order valence-electron chi connectivity index (χ4n) is 3.39. The van der Waals surface area contributed by atoms with E-state index in [0.717, 1.165) is 11.4 Å². The van der Waals surface area contributed by atoms with Crippen LogP contribution in [0.1, 0.15) is 23.5 Å². The van der Waals surface area contributed by atoms with Gasteiger partial charge in [0.05, 0.1) is 24.2 Å². The van der Waals surface area contributed by atoms with Crippen LogP contribution in [0, 0.1) is 11.7 Å². The molecule has 0 aliphatic heterocycles. The Hall–Kier alpha value is -3.06. The number of aliphatic hydroxyl groups excluding tert-OH is 1. The van der Waals surface area contributed by atoms with E-state index in [9.17, 15) is 9.18 Å². The minimum absolute atomic E-state index is 0.125. The molecule has 2 atom stereocenters. The van der Waals surface area contributed by atoms with Crippen molar-refractivity contribution < 1.29 is 19.0 Å². The van der Waals surface area contributed by atoms with Crippen molar-refractivity contribution in [3.8, 4) is 17.1 Å². The molecule has 0 bridgehead atoms. The summed E-state index contributed by atoms with van der Waals surface area (Å²) >= 11 is 0. The molecule has 0 amide bonds. The Balaban J connectivity index is 1.35. The summed E-state index contributed by atoms with van der Waals surface area (Å²) in [4.78, 5) is 15.9. The van der Waals surface area contributed by atoms with Crippen LogP contribution in [0.4, 0.5) is 4.39 Å². The fraction of sp³-hybridized carbons (Fsp3) is 0.286. The number of nitrogens with zero attached hydrogens (tertiary/aromatic N) is 2. The van der Waals surface area contributed by atoms with E-state index in [1.807, 2.05) is 18.2 Å². The van der Waals surface area contributed by atoms with Crippen molar-refractivity contribution in [3.05, 3.63) is 65.7 Å². The van der Waals surface area contributed by atoms with Crippen molar-refractivity contribution in [2.24, 2.45) is 5.92 Å². The summed E-state index contributed by atoms with van der Waals surface area (Å²) in [5, 5.41) is 15.7. The molecule has 28 heavy (non-hydrogen) atoms. The summed E-state index contributed by atoms with van der Waals surface area (Å²) in [5.41, 5.74) is 2.69. The molecule has 0 unspecified atom stereocenters. The van der Waals surface area contributed by atoms with Crippen LogP contribution in [0.25, 0.3) is 11.4 Å². The van der Waals surface area contributed by atoms with Crippen LogP contribution in [0.2, 0.25) is 0 Å². The number of carbonyl (C=O) groups is 1. The number of hydrogen-bond acceptors (Lipinski definition) is 5. The highest BCUT2D eigenvalue weighted by Crippen LogP contribution is 2.49. The van der Waals surface area contributed by atoms with Crippen molar-refractivity contribution in [3.63, 3.8) is 0 Å². The lowest BCUT2D eigenvalue weighted by molar-refractivity contribution is -0.123. The van der Waals surface area contributed by atoms with Crippen LogP contribution in [-0.4, -0.2) is 39.3 Å². The predicted octanol–water partition coefficient (Wildman–Crippen LogP) is 2.90. The molecule has 2 N–H and O–H groups in total. The molecule has 2 heterocycles. The standard InChI is InChI=1S/C21H20FN3O3/c22-21-13(2-1-3-15(21)16-10-17(16)20(27)12-26)7-9-28-14-4-5-18(23-11-14)19-6-8-24-25-19/h1-6,8,11,16-17,26H,7,9-10,12H2,(H,24,25)/t16-,17+/m0/s1.